The molecule has 1 aromatic carbocycles. The molecule has 0 aliphatic carbocycles. The zero-order valence-corrected chi connectivity index (χ0v) is 8.51. The van der Waals surface area contributed by atoms with Crippen molar-refractivity contribution in [3.8, 4) is 0 Å². The summed E-state index contributed by atoms with van der Waals surface area (Å²) in [5.74, 6) is 0. The maximum atomic E-state index is 11.6. The summed E-state index contributed by atoms with van der Waals surface area (Å²) in [7, 11) is 0. The SMILES string of the molecule is Cc1cc2nc[nH]c(=O)c2c(C)c1C. The Morgan fingerprint density at radius 1 is 1.21 bits per heavy atom. The van der Waals surface area contributed by atoms with Crippen LogP contribution in [-0.2, 0) is 0 Å². The molecule has 72 valence electrons. The zero-order valence-electron chi connectivity index (χ0n) is 8.51. The van der Waals surface area contributed by atoms with E-state index in [0.717, 1.165) is 16.6 Å². The summed E-state index contributed by atoms with van der Waals surface area (Å²) in [5, 5.41) is 0.704. The van der Waals surface area contributed by atoms with Crippen molar-refractivity contribution in [3.05, 3.63) is 39.4 Å². The summed E-state index contributed by atoms with van der Waals surface area (Å²) in [6.07, 6.45) is 1.44. The second-order valence-electron chi connectivity index (χ2n) is 3.57. The first-order chi connectivity index (χ1) is 6.61. The van der Waals surface area contributed by atoms with Crippen molar-refractivity contribution in [1.29, 1.82) is 0 Å². The predicted octanol–water partition coefficient (Wildman–Crippen LogP) is 1.85. The minimum atomic E-state index is -0.0596. The summed E-state index contributed by atoms with van der Waals surface area (Å²) in [5.41, 5.74) is 4.07. The Hall–Kier alpha value is -1.64. The number of nitrogens with one attached hydrogen (secondary N) is 1. The van der Waals surface area contributed by atoms with Crippen molar-refractivity contribution in [2.75, 3.05) is 0 Å². The number of hydrogen-bond acceptors (Lipinski definition) is 2. The van der Waals surface area contributed by atoms with Crippen molar-refractivity contribution < 1.29 is 0 Å². The van der Waals surface area contributed by atoms with Crippen molar-refractivity contribution in [3.63, 3.8) is 0 Å². The van der Waals surface area contributed by atoms with E-state index in [1.807, 2.05) is 26.8 Å². The number of rotatable bonds is 0. The minimum Gasteiger partial charge on any atom is -0.313 e. The van der Waals surface area contributed by atoms with Gasteiger partial charge in [-0.2, -0.15) is 0 Å². The number of fused-ring (bicyclic) bond motifs is 1. The fourth-order valence-corrected chi connectivity index (χ4v) is 1.68. The number of nitrogens with zero attached hydrogens (tertiary/aromatic N) is 1. The average Bonchev–Trinajstić information content (AvgIpc) is 2.14. The van der Waals surface area contributed by atoms with Crippen molar-refractivity contribution >= 4 is 10.9 Å². The van der Waals surface area contributed by atoms with Crippen molar-refractivity contribution in [2.24, 2.45) is 0 Å². The highest BCUT2D eigenvalue weighted by molar-refractivity contribution is 5.83. The van der Waals surface area contributed by atoms with Gasteiger partial charge < -0.3 is 4.98 Å². The fraction of sp³-hybridized carbons (Fsp3) is 0.273. The molecular formula is C11H12N2O. The highest BCUT2D eigenvalue weighted by atomic mass is 16.1. The Labute approximate surface area is 81.8 Å². The Morgan fingerprint density at radius 3 is 2.64 bits per heavy atom. The van der Waals surface area contributed by atoms with Crippen LogP contribution in [0.15, 0.2) is 17.2 Å². The molecule has 0 aliphatic heterocycles. The number of aromatic nitrogens is 2. The van der Waals surface area contributed by atoms with E-state index in [-0.39, 0.29) is 5.56 Å². The number of H-pyrrole nitrogens is 1. The topological polar surface area (TPSA) is 45.8 Å². The summed E-state index contributed by atoms with van der Waals surface area (Å²) in [6.45, 7) is 6.02. The zero-order chi connectivity index (χ0) is 10.3. The van der Waals surface area contributed by atoms with Crippen molar-refractivity contribution in [1.82, 2.24) is 9.97 Å². The van der Waals surface area contributed by atoms with E-state index in [1.165, 1.54) is 11.9 Å². The van der Waals surface area contributed by atoms with Gasteiger partial charge >= 0.3 is 0 Å². The number of hydrogen-bond donors (Lipinski definition) is 1. The summed E-state index contributed by atoms with van der Waals surface area (Å²) < 4.78 is 0. The van der Waals surface area contributed by atoms with Crippen LogP contribution in [0.4, 0.5) is 0 Å². The van der Waals surface area contributed by atoms with E-state index in [4.69, 9.17) is 0 Å². The minimum absolute atomic E-state index is 0.0596. The van der Waals surface area contributed by atoms with Gasteiger partial charge in [0.1, 0.15) is 0 Å². The van der Waals surface area contributed by atoms with Crippen LogP contribution in [0.1, 0.15) is 16.7 Å². The van der Waals surface area contributed by atoms with E-state index in [0.29, 0.717) is 5.39 Å². The number of benzene rings is 1. The van der Waals surface area contributed by atoms with Gasteiger partial charge in [-0.3, -0.25) is 4.79 Å². The molecule has 0 aliphatic rings. The van der Waals surface area contributed by atoms with Crippen LogP contribution >= 0.6 is 0 Å². The third kappa shape index (κ3) is 1.13. The molecule has 1 heterocycles. The van der Waals surface area contributed by atoms with Gasteiger partial charge in [0.15, 0.2) is 0 Å². The highest BCUT2D eigenvalue weighted by Gasteiger charge is 2.07. The maximum absolute atomic E-state index is 11.6. The molecule has 0 unspecified atom stereocenters. The Morgan fingerprint density at radius 2 is 1.93 bits per heavy atom. The molecule has 0 radical (unpaired) electrons. The fourth-order valence-electron chi connectivity index (χ4n) is 1.68. The first-order valence-corrected chi connectivity index (χ1v) is 4.55. The smallest absolute Gasteiger partial charge is 0.258 e. The average molecular weight is 188 g/mol. The van der Waals surface area contributed by atoms with Gasteiger partial charge in [-0.15, -0.1) is 0 Å². The molecule has 1 N–H and O–H groups in total. The first kappa shape index (κ1) is 8.94. The van der Waals surface area contributed by atoms with E-state index < -0.39 is 0 Å². The van der Waals surface area contributed by atoms with Crippen LogP contribution in [-0.4, -0.2) is 9.97 Å². The van der Waals surface area contributed by atoms with Crippen LogP contribution in [0.5, 0.6) is 0 Å². The summed E-state index contributed by atoms with van der Waals surface area (Å²) in [4.78, 5) is 18.3. The lowest BCUT2D eigenvalue weighted by Gasteiger charge is -2.07. The summed E-state index contributed by atoms with van der Waals surface area (Å²) >= 11 is 0. The maximum Gasteiger partial charge on any atom is 0.258 e. The molecule has 3 heteroatoms. The van der Waals surface area contributed by atoms with Crippen LogP contribution in [0, 0.1) is 20.8 Å². The Bertz CT molecular complexity index is 555. The van der Waals surface area contributed by atoms with Gasteiger partial charge in [-0.1, -0.05) is 0 Å². The van der Waals surface area contributed by atoms with Crippen LogP contribution < -0.4 is 5.56 Å². The Balaban J connectivity index is 3.07. The van der Waals surface area contributed by atoms with Crippen LogP contribution in [0.3, 0.4) is 0 Å². The molecule has 0 fully saturated rings. The molecule has 3 nitrogen and oxygen atoms in total. The molecule has 0 amide bonds. The lowest BCUT2D eigenvalue weighted by molar-refractivity contribution is 1.15. The molecule has 0 saturated heterocycles. The third-order valence-corrected chi connectivity index (χ3v) is 2.76. The van der Waals surface area contributed by atoms with Gasteiger partial charge in [0.05, 0.1) is 17.2 Å². The van der Waals surface area contributed by atoms with Crippen LogP contribution in [0.2, 0.25) is 0 Å². The van der Waals surface area contributed by atoms with E-state index in [9.17, 15) is 4.79 Å². The second kappa shape index (κ2) is 2.94. The van der Waals surface area contributed by atoms with Crippen LogP contribution in [0.25, 0.3) is 10.9 Å². The van der Waals surface area contributed by atoms with Gasteiger partial charge in [0, 0.05) is 0 Å². The largest absolute Gasteiger partial charge is 0.313 e. The molecule has 0 bridgehead atoms. The number of aromatic amines is 1. The quantitative estimate of drug-likeness (QED) is 0.685. The van der Waals surface area contributed by atoms with Crippen molar-refractivity contribution in [2.45, 2.75) is 20.8 Å². The normalized spacial score (nSPS) is 10.8. The highest BCUT2D eigenvalue weighted by Crippen LogP contribution is 2.19. The lowest BCUT2D eigenvalue weighted by atomic mass is 10.0. The van der Waals surface area contributed by atoms with Gasteiger partial charge in [-0.25, -0.2) is 4.98 Å². The van der Waals surface area contributed by atoms with Gasteiger partial charge in [0.25, 0.3) is 5.56 Å². The van der Waals surface area contributed by atoms with E-state index in [2.05, 4.69) is 9.97 Å². The molecule has 2 aromatic rings. The second-order valence-corrected chi connectivity index (χ2v) is 3.57. The number of aryl methyl sites for hydroxylation is 2. The molecule has 0 atom stereocenters. The first-order valence-electron chi connectivity index (χ1n) is 4.55. The summed E-state index contributed by atoms with van der Waals surface area (Å²) in [6, 6.07) is 1.95. The van der Waals surface area contributed by atoms with Gasteiger partial charge in [0.2, 0.25) is 0 Å². The Kier molecular flexibility index (Phi) is 1.88. The monoisotopic (exact) mass is 188 g/mol. The molecule has 0 saturated carbocycles. The lowest BCUT2D eigenvalue weighted by Crippen LogP contribution is -2.09. The van der Waals surface area contributed by atoms with E-state index in [1.54, 1.807) is 0 Å². The standard InChI is InChI=1S/C11H12N2O/c1-6-4-9-10(8(3)7(6)2)11(14)13-5-12-9/h4-5H,1-3H3,(H,12,13,14). The molecule has 14 heavy (non-hydrogen) atoms. The molecule has 0 spiro atoms. The molecular weight excluding hydrogens is 176 g/mol. The van der Waals surface area contributed by atoms with E-state index >= 15 is 0 Å². The van der Waals surface area contributed by atoms with Gasteiger partial charge in [-0.05, 0) is 43.5 Å². The third-order valence-electron chi connectivity index (χ3n) is 2.76. The predicted molar refractivity (Wildman–Crippen MR) is 56.6 cm³/mol. The molecule has 2 rings (SSSR count). The molecule has 1 aromatic heterocycles.